The van der Waals surface area contributed by atoms with Gasteiger partial charge in [-0.05, 0) is 141 Å². The zero-order valence-corrected chi connectivity index (χ0v) is 56.7. The van der Waals surface area contributed by atoms with Crippen LogP contribution in [0.3, 0.4) is 0 Å². The molecule has 0 aliphatic carbocycles. The lowest BCUT2D eigenvalue weighted by molar-refractivity contribution is -0.870. The Morgan fingerprint density at radius 1 is 0.337 bits per heavy atom. The summed E-state index contributed by atoms with van der Waals surface area (Å²) in [7, 11) is 5.90. The highest BCUT2D eigenvalue weighted by molar-refractivity contribution is 5.70. The van der Waals surface area contributed by atoms with Gasteiger partial charge in [-0.15, -0.1) is 0 Å². The van der Waals surface area contributed by atoms with Crippen LogP contribution in [-0.4, -0.2) is 82.3 Å². The minimum absolute atomic E-state index is 0.129. The van der Waals surface area contributed by atoms with Crippen LogP contribution in [0.4, 0.5) is 0 Å². The van der Waals surface area contributed by atoms with Gasteiger partial charge in [-0.3, -0.25) is 9.59 Å². The van der Waals surface area contributed by atoms with Crippen LogP contribution in [0.25, 0.3) is 0 Å². The molecule has 0 N–H and O–H groups in total. The second-order valence-corrected chi connectivity index (χ2v) is 23.3. The summed E-state index contributed by atoms with van der Waals surface area (Å²) in [6.07, 6.45) is 102. The monoisotopic (exact) mass is 1230 g/mol. The standard InChI is InChI=1S/C80H125NO8/c1-6-8-10-12-14-16-18-20-22-24-26-28-30-32-34-35-36-37-38-39-40-41-42-43-45-47-49-51-53-55-57-59-61-63-65-67-69-71-78(83)89-76(75-88-80(79(84)85)86-73-72-81(3,4)5)74-87-77(82)70-68-66-64-62-60-58-56-54-52-50-48-46-44-33-31-29-27-25-23-21-19-17-15-13-11-9-7-2/h8-11,14-17,20-23,26-29,32-34,36-37,39-40,42-44,48,50,54,56,60,62,76,80H,6-7,12-13,18-19,24-25,30-31,35,38,41,45-47,49,51-53,55,57-59,61,63-75H2,1-5H3/b10-8-,11-9-,16-14-,17-15-,22-20-,23-21-,28-26-,29-27-,34-32-,37-36-,40-39-,43-42-,44-33-,50-48-,56-54-,62-60-. The second kappa shape index (κ2) is 68.0. The Kier molecular flexibility index (Phi) is 63.6. The van der Waals surface area contributed by atoms with Crippen molar-refractivity contribution < 1.29 is 42.9 Å². The molecule has 0 amide bonds. The zero-order chi connectivity index (χ0) is 64.7. The summed E-state index contributed by atoms with van der Waals surface area (Å²) in [5.41, 5.74) is 0. The van der Waals surface area contributed by atoms with Crippen molar-refractivity contribution in [3.8, 4) is 0 Å². The van der Waals surface area contributed by atoms with Gasteiger partial charge in [0.05, 0.1) is 40.3 Å². The molecule has 498 valence electrons. The van der Waals surface area contributed by atoms with Gasteiger partial charge in [0, 0.05) is 12.8 Å². The van der Waals surface area contributed by atoms with Crippen molar-refractivity contribution in [2.75, 3.05) is 47.5 Å². The van der Waals surface area contributed by atoms with E-state index >= 15 is 0 Å². The molecule has 0 aromatic carbocycles. The van der Waals surface area contributed by atoms with Crippen molar-refractivity contribution >= 4 is 17.9 Å². The largest absolute Gasteiger partial charge is 0.545 e. The molecule has 0 bridgehead atoms. The lowest BCUT2D eigenvalue weighted by atomic mass is 10.0. The van der Waals surface area contributed by atoms with Crippen molar-refractivity contribution in [2.45, 2.75) is 245 Å². The average Bonchev–Trinajstić information content (AvgIpc) is 3.70. The van der Waals surface area contributed by atoms with Crippen molar-refractivity contribution in [2.24, 2.45) is 0 Å². The van der Waals surface area contributed by atoms with E-state index in [1.807, 2.05) is 21.1 Å². The first-order chi connectivity index (χ1) is 43.6. The topological polar surface area (TPSA) is 111 Å². The highest BCUT2D eigenvalue weighted by Crippen LogP contribution is 2.15. The van der Waals surface area contributed by atoms with Crippen molar-refractivity contribution in [1.29, 1.82) is 0 Å². The molecule has 0 radical (unpaired) electrons. The van der Waals surface area contributed by atoms with E-state index in [0.29, 0.717) is 23.9 Å². The molecule has 0 spiro atoms. The quantitative estimate of drug-likeness (QED) is 0.0195. The molecule has 0 aliphatic rings. The van der Waals surface area contributed by atoms with Crippen LogP contribution in [0.15, 0.2) is 194 Å². The predicted octanol–water partition coefficient (Wildman–Crippen LogP) is 20.5. The number of rotatable bonds is 61. The molecule has 0 aliphatic heterocycles. The summed E-state index contributed by atoms with van der Waals surface area (Å²) in [4.78, 5) is 37.5. The van der Waals surface area contributed by atoms with E-state index in [-0.39, 0.29) is 32.7 Å². The minimum Gasteiger partial charge on any atom is -0.545 e. The number of carbonyl (C=O) groups excluding carboxylic acids is 3. The molecule has 0 fully saturated rings. The van der Waals surface area contributed by atoms with Crippen LogP contribution >= 0.6 is 0 Å². The molecule has 0 aromatic rings. The molecule has 9 nitrogen and oxygen atoms in total. The molecule has 89 heavy (non-hydrogen) atoms. The normalized spacial score (nSPS) is 13.9. The molecular weight excluding hydrogens is 1100 g/mol. The van der Waals surface area contributed by atoms with Crippen LogP contribution in [0, 0.1) is 0 Å². The molecule has 0 heterocycles. The minimum atomic E-state index is -1.65. The maximum Gasteiger partial charge on any atom is 0.306 e. The number of allylic oxidation sites excluding steroid dienone is 32. The van der Waals surface area contributed by atoms with Gasteiger partial charge in [-0.25, -0.2) is 0 Å². The zero-order valence-electron chi connectivity index (χ0n) is 56.7. The van der Waals surface area contributed by atoms with Gasteiger partial charge in [0.15, 0.2) is 12.4 Å². The summed E-state index contributed by atoms with van der Waals surface area (Å²) in [5.74, 6) is -2.37. The highest BCUT2D eigenvalue weighted by atomic mass is 16.7. The first-order valence-electron chi connectivity index (χ1n) is 34.6. The third-order valence-corrected chi connectivity index (χ3v) is 13.8. The maximum atomic E-state index is 12.9. The van der Waals surface area contributed by atoms with Gasteiger partial charge in [0.2, 0.25) is 0 Å². The number of aliphatic carboxylic acids is 1. The fourth-order valence-corrected chi connectivity index (χ4v) is 8.63. The number of nitrogens with zero attached hydrogens (tertiary/aromatic N) is 1. The van der Waals surface area contributed by atoms with Crippen LogP contribution in [-0.2, 0) is 33.3 Å². The number of likely N-dealkylation sites (N-methyl/N-ethyl adjacent to an activating group) is 1. The number of carboxylic acids is 1. The Morgan fingerprint density at radius 2 is 0.607 bits per heavy atom. The molecule has 0 saturated heterocycles. The molecular formula is C80H125NO8. The smallest absolute Gasteiger partial charge is 0.306 e. The average molecular weight is 1230 g/mol. The molecule has 0 rings (SSSR count). The Hall–Kier alpha value is -5.87. The van der Waals surface area contributed by atoms with Crippen molar-refractivity contribution in [3.05, 3.63) is 194 Å². The second-order valence-electron chi connectivity index (χ2n) is 23.3. The van der Waals surface area contributed by atoms with E-state index in [1.54, 1.807) is 0 Å². The first-order valence-corrected chi connectivity index (χ1v) is 34.6. The van der Waals surface area contributed by atoms with Crippen LogP contribution < -0.4 is 5.11 Å². The number of hydrogen-bond acceptors (Lipinski definition) is 8. The van der Waals surface area contributed by atoms with Crippen LogP contribution in [0.5, 0.6) is 0 Å². The summed E-state index contributed by atoms with van der Waals surface area (Å²) < 4.78 is 22.7. The number of carboxylic acid groups (broad SMARTS) is 1. The highest BCUT2D eigenvalue weighted by Gasteiger charge is 2.22. The van der Waals surface area contributed by atoms with Gasteiger partial charge < -0.3 is 33.3 Å². The lowest BCUT2D eigenvalue weighted by Crippen LogP contribution is -2.44. The summed E-state index contributed by atoms with van der Waals surface area (Å²) in [5, 5.41) is 11.8. The van der Waals surface area contributed by atoms with Gasteiger partial charge in [0.1, 0.15) is 13.2 Å². The van der Waals surface area contributed by atoms with E-state index in [1.165, 1.54) is 51.4 Å². The number of quaternary nitrogens is 1. The van der Waals surface area contributed by atoms with Gasteiger partial charge in [-0.2, -0.15) is 0 Å². The Balaban J connectivity index is 4.26. The number of unbranched alkanes of at least 4 members (excludes halogenated alkanes) is 14. The number of carbonyl (C=O) groups is 3. The maximum absolute atomic E-state index is 12.9. The van der Waals surface area contributed by atoms with E-state index in [4.69, 9.17) is 18.9 Å². The number of hydrogen-bond donors (Lipinski definition) is 0. The first kappa shape index (κ1) is 83.1. The fourth-order valence-electron chi connectivity index (χ4n) is 8.63. The predicted molar refractivity (Wildman–Crippen MR) is 379 cm³/mol. The molecule has 2 unspecified atom stereocenters. The third-order valence-electron chi connectivity index (χ3n) is 13.8. The Bertz CT molecular complexity index is 2160. The summed E-state index contributed by atoms with van der Waals surface area (Å²) in [6.45, 7) is 4.44. The third kappa shape index (κ3) is 69.5. The van der Waals surface area contributed by atoms with Gasteiger partial charge >= 0.3 is 11.9 Å². The number of esters is 2. The Morgan fingerprint density at radius 3 is 0.921 bits per heavy atom. The fraction of sp³-hybridized carbons (Fsp3) is 0.562. The molecule has 2 atom stereocenters. The van der Waals surface area contributed by atoms with Gasteiger partial charge in [0.25, 0.3) is 0 Å². The van der Waals surface area contributed by atoms with Crippen molar-refractivity contribution in [3.63, 3.8) is 0 Å². The lowest BCUT2D eigenvalue weighted by Gasteiger charge is -2.26. The van der Waals surface area contributed by atoms with Crippen molar-refractivity contribution in [1.82, 2.24) is 0 Å². The van der Waals surface area contributed by atoms with Crippen LogP contribution in [0.2, 0.25) is 0 Å². The molecule has 9 heteroatoms. The molecule has 0 saturated carbocycles. The number of ether oxygens (including phenoxy) is 4. The summed E-state index contributed by atoms with van der Waals surface area (Å²) >= 11 is 0. The summed E-state index contributed by atoms with van der Waals surface area (Å²) in [6, 6.07) is 0. The van der Waals surface area contributed by atoms with Crippen LogP contribution in [0.1, 0.15) is 232 Å². The Labute approximate surface area is 544 Å². The molecule has 0 aromatic heterocycles. The van der Waals surface area contributed by atoms with Gasteiger partial charge in [-0.1, -0.05) is 272 Å². The van der Waals surface area contributed by atoms with E-state index in [2.05, 4.69) is 208 Å². The van der Waals surface area contributed by atoms with E-state index in [0.717, 1.165) is 141 Å². The SMILES string of the molecule is CC/C=C\C/C=C\C/C=C\C/C=C\C/C=C\C/C=C\C/C=C\C/C=C\CCCCCCCCCCCCCCC(=O)OC(COC(=O)CCCC/C=C\C/C=C\C/C=C\C/C=C\C/C=C\C/C=C\C/C=C\C/C=C\CC)COC(OCC[N+](C)(C)C)C(=O)[O-]. The van der Waals surface area contributed by atoms with E-state index < -0.39 is 30.3 Å². The van der Waals surface area contributed by atoms with E-state index in [9.17, 15) is 19.5 Å².